The Bertz CT molecular complexity index is 701. The van der Waals surface area contributed by atoms with Crippen molar-refractivity contribution < 1.29 is 53.8 Å². The van der Waals surface area contributed by atoms with Gasteiger partial charge in [-0.3, -0.25) is 0 Å². The van der Waals surface area contributed by atoms with Crippen LogP contribution in [0.2, 0.25) is 0 Å². The Morgan fingerprint density at radius 1 is 1.04 bits per heavy atom. The summed E-state index contributed by atoms with van der Waals surface area (Å²) < 4.78 is 43.4. The molecule has 0 aliphatic carbocycles. The van der Waals surface area contributed by atoms with Gasteiger partial charge in [0.2, 0.25) is 0 Å². The van der Waals surface area contributed by atoms with Crippen LogP contribution in [0.4, 0.5) is 13.2 Å². The molecule has 0 aliphatic heterocycles. The summed E-state index contributed by atoms with van der Waals surface area (Å²) in [7, 11) is 1.64. The normalized spacial score (nSPS) is 10.4. The van der Waals surface area contributed by atoms with Crippen molar-refractivity contribution in [3.05, 3.63) is 65.6 Å². The molecule has 0 radical (unpaired) electrons. The average molecular weight is 617 g/mol. The van der Waals surface area contributed by atoms with Gasteiger partial charge in [-0.15, -0.1) is 0 Å². The molecule has 0 aliphatic rings. The van der Waals surface area contributed by atoms with Gasteiger partial charge in [-0.2, -0.15) is 40.4 Å². The molecular formula is C21H24F3NO2U. The van der Waals surface area contributed by atoms with Crippen molar-refractivity contribution in [2.45, 2.75) is 33.4 Å². The van der Waals surface area contributed by atoms with E-state index >= 15 is 0 Å². The zero-order chi connectivity index (χ0) is 20.4. The van der Waals surface area contributed by atoms with Gasteiger partial charge in [0.05, 0.1) is 5.56 Å². The van der Waals surface area contributed by atoms with Crippen molar-refractivity contribution in [3.63, 3.8) is 0 Å². The molecule has 28 heavy (non-hydrogen) atoms. The van der Waals surface area contributed by atoms with Gasteiger partial charge in [0.15, 0.2) is 0 Å². The van der Waals surface area contributed by atoms with Crippen molar-refractivity contribution in [2.75, 3.05) is 13.6 Å². The fourth-order valence-corrected chi connectivity index (χ4v) is 1.94. The molecule has 0 spiro atoms. The van der Waals surface area contributed by atoms with E-state index in [4.69, 9.17) is 4.74 Å². The van der Waals surface area contributed by atoms with Crippen LogP contribution in [0.5, 0.6) is 11.5 Å². The van der Waals surface area contributed by atoms with Gasteiger partial charge in [0, 0.05) is 0 Å². The molecule has 2 aromatic carbocycles. The van der Waals surface area contributed by atoms with Gasteiger partial charge >= 0.3 is 37.3 Å². The Hall–Kier alpha value is -1.45. The number of likely N-dealkylation sites (N-methyl/N-ethyl adjacent to an activating group) is 1. The first kappa shape index (κ1) is 26.6. The third kappa shape index (κ3) is 10.8. The largest absolute Gasteiger partial charge is 2.00 e. The quantitative estimate of drug-likeness (QED) is 0.310. The van der Waals surface area contributed by atoms with Crippen LogP contribution in [0.25, 0.3) is 0 Å². The van der Waals surface area contributed by atoms with Crippen molar-refractivity contribution in [2.24, 2.45) is 0 Å². The first-order valence-electron chi connectivity index (χ1n) is 8.41. The zero-order valence-corrected chi connectivity index (χ0v) is 20.6. The van der Waals surface area contributed by atoms with Crippen LogP contribution in [0.1, 0.15) is 31.9 Å². The van der Waals surface area contributed by atoms with Gasteiger partial charge in [0.1, 0.15) is 11.5 Å². The van der Waals surface area contributed by atoms with Crippen LogP contribution in [-0.2, 0) is 17.4 Å². The van der Waals surface area contributed by atoms with Gasteiger partial charge in [-0.1, -0.05) is 18.2 Å². The summed E-state index contributed by atoms with van der Waals surface area (Å²) in [6, 6.07) is 11.7. The van der Waals surface area contributed by atoms with E-state index in [1.165, 1.54) is 23.0 Å². The monoisotopic (exact) mass is 617 g/mol. The summed E-state index contributed by atoms with van der Waals surface area (Å²) in [4.78, 5) is 11.8. The van der Waals surface area contributed by atoms with Crippen LogP contribution in [0.3, 0.4) is 0 Å². The maximum absolute atomic E-state index is 12.7. The van der Waals surface area contributed by atoms with E-state index in [-0.39, 0.29) is 36.9 Å². The molecule has 150 valence electrons. The molecule has 0 fully saturated rings. The maximum atomic E-state index is 12.7. The maximum Gasteiger partial charge on any atom is 2.00 e. The van der Waals surface area contributed by atoms with Gasteiger partial charge < -0.3 is 20.3 Å². The van der Waals surface area contributed by atoms with Crippen LogP contribution < -0.4 is 4.74 Å². The smallest absolute Gasteiger partial charge is 0.520 e. The van der Waals surface area contributed by atoms with Crippen LogP contribution >= 0.6 is 0 Å². The molecule has 2 aromatic rings. The molecule has 3 nitrogen and oxygen atoms in total. The average Bonchev–Trinajstić information content (AvgIpc) is 2.60. The molecule has 0 aromatic heterocycles. The molecule has 0 heterocycles. The van der Waals surface area contributed by atoms with Crippen molar-refractivity contribution >= 4 is 6.41 Å². The number of alkyl halides is 3. The summed E-state index contributed by atoms with van der Waals surface area (Å²) in [5.41, 5.74) is 0.239. The summed E-state index contributed by atoms with van der Waals surface area (Å²) >= 11 is 0. The Morgan fingerprint density at radius 3 is 2.11 bits per heavy atom. The molecule has 0 atom stereocenters. The number of hydrogen-bond acceptors (Lipinski definition) is 2. The van der Waals surface area contributed by atoms with Crippen LogP contribution in [0, 0.1) is 37.0 Å². The van der Waals surface area contributed by atoms with E-state index in [0.29, 0.717) is 18.7 Å². The molecule has 0 unspecified atom stereocenters. The summed E-state index contributed by atoms with van der Waals surface area (Å²) in [6.45, 7) is 6.79. The first-order chi connectivity index (χ1) is 12.6. The molecular weight excluding hydrogens is 593 g/mol. The number of ether oxygens (including phenoxy) is 1. The van der Waals surface area contributed by atoms with E-state index in [1.54, 1.807) is 25.6 Å². The van der Waals surface area contributed by atoms with E-state index < -0.39 is 11.7 Å². The van der Waals surface area contributed by atoms with E-state index in [0.717, 1.165) is 17.7 Å². The molecule has 2 rings (SSSR count). The number of rotatable bonds is 6. The van der Waals surface area contributed by atoms with Crippen LogP contribution in [0.15, 0.2) is 48.5 Å². The molecule has 0 bridgehead atoms. The number of halogens is 3. The van der Waals surface area contributed by atoms with Crippen molar-refractivity contribution in [1.29, 1.82) is 0 Å². The molecule has 0 saturated heterocycles. The van der Waals surface area contributed by atoms with E-state index in [1.807, 2.05) is 12.1 Å². The minimum Gasteiger partial charge on any atom is -0.520 e. The number of nitrogens with zero attached hydrogens (tertiary/aromatic N) is 1. The Kier molecular flexibility index (Phi) is 12.2. The summed E-state index contributed by atoms with van der Waals surface area (Å²) in [6.07, 6.45) is -1.97. The standard InChI is InChI=1S/C17H15F3NO2.C4H9.U/c1-21(12-22)10-9-13-5-7-15(8-6-13)23-16-4-2-3-14(11-16)17(18,19)20;1-4(2)3;/h2-8,11H,9-10H2,1H3;1-3H3;/q2*-1;+2. The molecule has 1 amide bonds. The second kappa shape index (κ2) is 12.9. The summed E-state index contributed by atoms with van der Waals surface area (Å²) in [5.74, 6) is 1.99. The van der Waals surface area contributed by atoms with E-state index in [2.05, 4.69) is 20.8 Å². The third-order valence-electron chi connectivity index (χ3n) is 3.21. The molecule has 0 saturated carbocycles. The summed E-state index contributed by atoms with van der Waals surface area (Å²) in [5, 5.41) is 0. The number of benzene rings is 2. The number of hydrogen-bond donors (Lipinski definition) is 0. The van der Waals surface area contributed by atoms with Gasteiger partial charge in [-0.05, 0) is 55.9 Å². The fourth-order valence-electron chi connectivity index (χ4n) is 1.94. The van der Waals surface area contributed by atoms with Gasteiger partial charge in [-0.25, -0.2) is 0 Å². The van der Waals surface area contributed by atoms with Crippen molar-refractivity contribution in [3.8, 4) is 11.5 Å². The molecule has 0 N–H and O–H groups in total. The Morgan fingerprint density at radius 2 is 1.61 bits per heavy atom. The SMILES string of the molecule is CN([C-]=O)CCc1ccc(Oc2cccc(C(F)(F)F)c2)cc1.C[C-](C)C.[U+2]. The second-order valence-electron chi connectivity index (χ2n) is 6.53. The second-order valence-corrected chi connectivity index (χ2v) is 6.53. The predicted octanol–water partition coefficient (Wildman–Crippen LogP) is 5.66. The van der Waals surface area contributed by atoms with Crippen molar-refractivity contribution in [1.82, 2.24) is 4.90 Å². The third-order valence-corrected chi connectivity index (χ3v) is 3.21. The number of carbonyl (C=O) groups excluding carboxylic acids is 1. The molecule has 7 heteroatoms. The fraction of sp³-hybridized carbons (Fsp3) is 0.333. The minimum atomic E-state index is -4.40. The topological polar surface area (TPSA) is 29.5 Å². The number of amides is 1. The minimum absolute atomic E-state index is 0. The van der Waals surface area contributed by atoms with Crippen LogP contribution in [-0.4, -0.2) is 24.9 Å². The Labute approximate surface area is 188 Å². The zero-order valence-electron chi connectivity index (χ0n) is 16.4. The van der Waals surface area contributed by atoms with E-state index in [9.17, 15) is 18.0 Å². The first-order valence-corrected chi connectivity index (χ1v) is 8.41. The van der Waals surface area contributed by atoms with Gasteiger partial charge in [0.25, 0.3) is 0 Å². The Balaban J connectivity index is 0.00000133. The predicted molar refractivity (Wildman–Crippen MR) is 100 cm³/mol.